The molecule has 0 atom stereocenters. The predicted molar refractivity (Wildman–Crippen MR) is 76.9 cm³/mol. The van der Waals surface area contributed by atoms with Gasteiger partial charge in [-0.2, -0.15) is 0 Å². The summed E-state index contributed by atoms with van der Waals surface area (Å²) < 4.78 is 0. The molecule has 0 saturated heterocycles. The molecule has 0 aliphatic heterocycles. The lowest BCUT2D eigenvalue weighted by atomic mass is 9.91. The molecule has 1 aromatic rings. The van der Waals surface area contributed by atoms with Crippen LogP contribution in [0.1, 0.15) is 27.8 Å². The van der Waals surface area contributed by atoms with Crippen molar-refractivity contribution in [2.24, 2.45) is 0 Å². The van der Waals surface area contributed by atoms with Crippen molar-refractivity contribution < 1.29 is 0 Å². The van der Waals surface area contributed by atoms with Crippen LogP contribution >= 0.6 is 0 Å². The van der Waals surface area contributed by atoms with Crippen LogP contribution in [0.2, 0.25) is 0 Å². The summed E-state index contributed by atoms with van der Waals surface area (Å²) in [5.74, 6) is 0. The molecular formula is C16H16. The molecule has 0 fully saturated rings. The average molecular weight is 208 g/mol. The second-order valence-electron chi connectivity index (χ2n) is 3.32. The predicted octanol–water partition coefficient (Wildman–Crippen LogP) is 4.90. The van der Waals surface area contributed by atoms with Gasteiger partial charge in [-0.15, -0.1) is 0 Å². The van der Waals surface area contributed by atoms with Gasteiger partial charge in [0.2, 0.25) is 0 Å². The standard InChI is InChI=1S/C16H16/c1-6-12-11-13(7-2)15(9-4)16(10-5)14(12)8-3/h6-11H,1-5H2. The van der Waals surface area contributed by atoms with Crippen molar-refractivity contribution in [2.45, 2.75) is 0 Å². The first-order chi connectivity index (χ1) is 7.73. The van der Waals surface area contributed by atoms with Gasteiger partial charge in [0.05, 0.1) is 0 Å². The van der Waals surface area contributed by atoms with E-state index in [9.17, 15) is 0 Å². The molecule has 0 saturated carbocycles. The van der Waals surface area contributed by atoms with Crippen LogP contribution in [-0.2, 0) is 0 Å². The normalized spacial score (nSPS) is 9.25. The van der Waals surface area contributed by atoms with Gasteiger partial charge in [0.25, 0.3) is 0 Å². The van der Waals surface area contributed by atoms with Crippen LogP contribution in [-0.4, -0.2) is 0 Å². The van der Waals surface area contributed by atoms with Crippen LogP contribution in [0, 0.1) is 0 Å². The van der Waals surface area contributed by atoms with Crippen molar-refractivity contribution in [1.82, 2.24) is 0 Å². The van der Waals surface area contributed by atoms with Gasteiger partial charge in [-0.3, -0.25) is 0 Å². The van der Waals surface area contributed by atoms with Crippen molar-refractivity contribution in [2.75, 3.05) is 0 Å². The van der Waals surface area contributed by atoms with Gasteiger partial charge in [-0.1, -0.05) is 63.3 Å². The minimum atomic E-state index is 1.03. The summed E-state index contributed by atoms with van der Waals surface area (Å²) >= 11 is 0. The van der Waals surface area contributed by atoms with Crippen molar-refractivity contribution in [3.05, 3.63) is 66.8 Å². The molecule has 0 spiro atoms. The van der Waals surface area contributed by atoms with Gasteiger partial charge >= 0.3 is 0 Å². The molecule has 0 nitrogen and oxygen atoms in total. The maximum atomic E-state index is 3.83. The zero-order valence-electron chi connectivity index (χ0n) is 9.50. The Labute approximate surface area is 97.6 Å². The minimum absolute atomic E-state index is 1.03. The Hall–Kier alpha value is -2.08. The van der Waals surface area contributed by atoms with Crippen molar-refractivity contribution in [1.29, 1.82) is 0 Å². The molecule has 0 heteroatoms. The number of hydrogen-bond acceptors (Lipinski definition) is 0. The summed E-state index contributed by atoms with van der Waals surface area (Å²) in [6, 6.07) is 2.03. The van der Waals surface area contributed by atoms with Gasteiger partial charge in [0.15, 0.2) is 0 Å². The Morgan fingerprint density at radius 2 is 0.938 bits per heavy atom. The molecule has 0 amide bonds. The minimum Gasteiger partial charge on any atom is -0.0984 e. The number of benzene rings is 1. The molecular weight excluding hydrogens is 192 g/mol. The van der Waals surface area contributed by atoms with Crippen LogP contribution in [0.4, 0.5) is 0 Å². The fourth-order valence-corrected chi connectivity index (χ4v) is 1.79. The van der Waals surface area contributed by atoms with Gasteiger partial charge < -0.3 is 0 Å². The molecule has 1 rings (SSSR count). The van der Waals surface area contributed by atoms with Crippen LogP contribution in [0.3, 0.4) is 0 Å². The summed E-state index contributed by atoms with van der Waals surface area (Å²) in [7, 11) is 0. The zero-order valence-corrected chi connectivity index (χ0v) is 9.50. The molecule has 0 bridgehead atoms. The lowest BCUT2D eigenvalue weighted by Crippen LogP contribution is -1.94. The third-order valence-corrected chi connectivity index (χ3v) is 2.57. The molecule has 16 heavy (non-hydrogen) atoms. The number of hydrogen-bond donors (Lipinski definition) is 0. The van der Waals surface area contributed by atoms with Crippen LogP contribution in [0.5, 0.6) is 0 Å². The molecule has 1 aromatic carbocycles. The Kier molecular flexibility index (Phi) is 3.84. The smallest absolute Gasteiger partial charge is 0.0106 e. The van der Waals surface area contributed by atoms with E-state index in [2.05, 4.69) is 32.9 Å². The van der Waals surface area contributed by atoms with Crippen molar-refractivity contribution >= 4 is 30.4 Å². The summed E-state index contributed by atoms with van der Waals surface area (Å²) in [5.41, 5.74) is 5.16. The lowest BCUT2D eigenvalue weighted by molar-refractivity contribution is 1.52. The Morgan fingerprint density at radius 1 is 0.562 bits per heavy atom. The first-order valence-electron chi connectivity index (χ1n) is 5.06. The van der Waals surface area contributed by atoms with E-state index in [1.807, 2.05) is 36.4 Å². The Morgan fingerprint density at radius 3 is 1.19 bits per heavy atom. The van der Waals surface area contributed by atoms with E-state index in [1.165, 1.54) is 0 Å². The third kappa shape index (κ3) is 1.82. The summed E-state index contributed by atoms with van der Waals surface area (Å²) in [5, 5.41) is 0. The van der Waals surface area contributed by atoms with E-state index in [0.29, 0.717) is 0 Å². The van der Waals surface area contributed by atoms with Gasteiger partial charge in [-0.25, -0.2) is 0 Å². The number of rotatable bonds is 5. The third-order valence-electron chi connectivity index (χ3n) is 2.57. The topological polar surface area (TPSA) is 0 Å². The average Bonchev–Trinajstić information content (AvgIpc) is 2.35. The van der Waals surface area contributed by atoms with Crippen molar-refractivity contribution in [3.8, 4) is 0 Å². The highest BCUT2D eigenvalue weighted by Gasteiger charge is 2.08. The molecule has 0 N–H and O–H groups in total. The van der Waals surface area contributed by atoms with E-state index in [0.717, 1.165) is 27.8 Å². The monoisotopic (exact) mass is 208 g/mol. The first-order valence-corrected chi connectivity index (χ1v) is 5.06. The second kappa shape index (κ2) is 5.13. The van der Waals surface area contributed by atoms with Gasteiger partial charge in [-0.05, 0) is 33.9 Å². The Bertz CT molecular complexity index is 435. The molecule has 0 radical (unpaired) electrons. The van der Waals surface area contributed by atoms with Crippen LogP contribution in [0.15, 0.2) is 39.0 Å². The van der Waals surface area contributed by atoms with Crippen LogP contribution in [0.25, 0.3) is 30.4 Å². The largest absolute Gasteiger partial charge is 0.0984 e. The van der Waals surface area contributed by atoms with Crippen molar-refractivity contribution in [3.63, 3.8) is 0 Å². The lowest BCUT2D eigenvalue weighted by Gasteiger charge is -2.13. The molecule has 0 aromatic heterocycles. The molecule has 80 valence electrons. The summed E-state index contributed by atoms with van der Waals surface area (Å²) in [4.78, 5) is 0. The van der Waals surface area contributed by atoms with E-state index < -0.39 is 0 Å². The highest BCUT2D eigenvalue weighted by Crippen LogP contribution is 2.28. The van der Waals surface area contributed by atoms with E-state index in [4.69, 9.17) is 0 Å². The van der Waals surface area contributed by atoms with Gasteiger partial charge in [0.1, 0.15) is 0 Å². The van der Waals surface area contributed by atoms with E-state index >= 15 is 0 Å². The Balaban J connectivity index is 3.80. The molecule has 0 heterocycles. The summed E-state index contributed by atoms with van der Waals surface area (Å²) in [6.07, 6.45) is 9.06. The highest BCUT2D eigenvalue weighted by molar-refractivity contribution is 5.83. The molecule has 0 aliphatic rings. The summed E-state index contributed by atoms with van der Waals surface area (Å²) in [6.45, 7) is 19.1. The SMILES string of the molecule is C=Cc1cc(C=C)c(C=C)c(C=C)c1C=C. The molecule has 0 unspecified atom stereocenters. The maximum Gasteiger partial charge on any atom is -0.0106 e. The fraction of sp³-hybridized carbons (Fsp3) is 0. The fourth-order valence-electron chi connectivity index (χ4n) is 1.79. The second-order valence-corrected chi connectivity index (χ2v) is 3.32. The molecule has 0 aliphatic carbocycles. The maximum absolute atomic E-state index is 3.83. The van der Waals surface area contributed by atoms with E-state index in [1.54, 1.807) is 0 Å². The first kappa shape index (κ1) is 12.0. The van der Waals surface area contributed by atoms with Gasteiger partial charge in [0, 0.05) is 0 Å². The van der Waals surface area contributed by atoms with E-state index in [-0.39, 0.29) is 0 Å². The van der Waals surface area contributed by atoms with Crippen LogP contribution < -0.4 is 0 Å². The quantitative estimate of drug-likeness (QED) is 0.645. The zero-order chi connectivity index (χ0) is 12.1. The highest BCUT2D eigenvalue weighted by atomic mass is 14.1.